The van der Waals surface area contributed by atoms with Crippen LogP contribution in [0.5, 0.6) is 0 Å². The average Bonchev–Trinajstić information content (AvgIpc) is 3.34. The Balaban J connectivity index is 3.47. The van der Waals surface area contributed by atoms with Crippen LogP contribution in [0.15, 0.2) is 24.3 Å². The van der Waals surface area contributed by atoms with Gasteiger partial charge in [-0.1, -0.05) is 289 Å². The van der Waals surface area contributed by atoms with Crippen LogP contribution in [0.25, 0.3) is 0 Å². The second kappa shape index (κ2) is 57.9. The molecule has 0 bridgehead atoms. The van der Waals surface area contributed by atoms with Crippen LogP contribution < -0.4 is 5.32 Å². The number of ether oxygens (including phenoxy) is 1. The molecule has 0 spiro atoms. The summed E-state index contributed by atoms with van der Waals surface area (Å²) in [7, 11) is 0. The molecule has 2 atom stereocenters. The Morgan fingerprint density at radius 2 is 0.691 bits per heavy atom. The van der Waals surface area contributed by atoms with Gasteiger partial charge in [0.05, 0.1) is 25.4 Å². The van der Waals surface area contributed by atoms with E-state index in [-0.39, 0.29) is 18.5 Å². The van der Waals surface area contributed by atoms with Crippen LogP contribution in [-0.2, 0) is 14.3 Å². The summed E-state index contributed by atoms with van der Waals surface area (Å²) >= 11 is 0. The number of allylic oxidation sites excluding steroid dienone is 3. The summed E-state index contributed by atoms with van der Waals surface area (Å²) in [5.41, 5.74) is 0. The molecule has 1 amide bonds. The lowest BCUT2D eigenvalue weighted by Crippen LogP contribution is -2.45. The lowest BCUT2D eigenvalue weighted by molar-refractivity contribution is -0.143. The molecule has 0 heterocycles. The highest BCUT2D eigenvalue weighted by Crippen LogP contribution is 2.17. The lowest BCUT2D eigenvalue weighted by atomic mass is 10.0. The number of unbranched alkanes of at least 4 members (excludes halogenated alkanes) is 44. The van der Waals surface area contributed by atoms with Crippen LogP contribution in [-0.4, -0.2) is 47.4 Å². The molecule has 2 unspecified atom stereocenters. The number of aliphatic hydroxyl groups excluding tert-OH is 2. The van der Waals surface area contributed by atoms with Gasteiger partial charge in [0.1, 0.15) is 0 Å². The number of amides is 1. The van der Waals surface area contributed by atoms with E-state index in [1.165, 1.54) is 250 Å². The molecule has 0 aromatic rings. The third-order valence-corrected chi connectivity index (χ3v) is 14.2. The number of rotatable bonds is 57. The monoisotopic (exact) mass is 958 g/mol. The molecule has 0 saturated carbocycles. The van der Waals surface area contributed by atoms with E-state index in [4.69, 9.17) is 4.74 Å². The third kappa shape index (κ3) is 53.7. The number of esters is 1. The first-order chi connectivity index (χ1) is 33.5. The van der Waals surface area contributed by atoms with Crippen LogP contribution in [0.1, 0.15) is 335 Å². The molecular weight excluding hydrogens is 839 g/mol. The quantitative estimate of drug-likeness (QED) is 0.0321. The van der Waals surface area contributed by atoms with Crippen molar-refractivity contribution in [2.45, 2.75) is 347 Å². The molecule has 0 fully saturated rings. The van der Waals surface area contributed by atoms with Gasteiger partial charge in [-0.05, 0) is 57.8 Å². The summed E-state index contributed by atoms with van der Waals surface area (Å²) in [4.78, 5) is 24.5. The molecule has 0 saturated heterocycles. The smallest absolute Gasteiger partial charge is 0.305 e. The highest BCUT2D eigenvalue weighted by Gasteiger charge is 2.18. The van der Waals surface area contributed by atoms with Crippen LogP contribution in [0.3, 0.4) is 0 Å². The molecule has 0 aliphatic carbocycles. The van der Waals surface area contributed by atoms with E-state index in [0.29, 0.717) is 19.4 Å². The first-order valence-corrected chi connectivity index (χ1v) is 30.6. The van der Waals surface area contributed by atoms with Gasteiger partial charge in [0, 0.05) is 12.8 Å². The van der Waals surface area contributed by atoms with Crippen molar-refractivity contribution >= 4 is 11.9 Å². The minimum absolute atomic E-state index is 0.00113. The molecule has 68 heavy (non-hydrogen) atoms. The zero-order valence-corrected chi connectivity index (χ0v) is 45.9. The van der Waals surface area contributed by atoms with E-state index >= 15 is 0 Å². The maximum atomic E-state index is 12.5. The number of hydrogen-bond donors (Lipinski definition) is 3. The van der Waals surface area contributed by atoms with E-state index < -0.39 is 12.1 Å². The SMILES string of the molecule is CCCCCCCCCCCCCCCCCC/C=C/C(O)C(CO)NC(=O)CCCCCCCCC/C=C\CCCCCCCCOC(=O)CCCCCCCCCCCCCCCCCC. The summed E-state index contributed by atoms with van der Waals surface area (Å²) in [6, 6.07) is -0.637. The fraction of sp³-hybridized carbons (Fsp3) is 0.903. The molecule has 6 nitrogen and oxygen atoms in total. The maximum absolute atomic E-state index is 12.5. The minimum Gasteiger partial charge on any atom is -0.466 e. The molecule has 0 aliphatic heterocycles. The molecule has 0 rings (SSSR count). The van der Waals surface area contributed by atoms with Crippen molar-refractivity contribution < 1.29 is 24.5 Å². The van der Waals surface area contributed by atoms with Crippen molar-refractivity contribution in [1.82, 2.24) is 5.32 Å². The van der Waals surface area contributed by atoms with Crippen LogP contribution in [0.2, 0.25) is 0 Å². The summed E-state index contributed by atoms with van der Waals surface area (Å²) in [6.45, 7) is 4.91. The van der Waals surface area contributed by atoms with Crippen molar-refractivity contribution in [2.75, 3.05) is 13.2 Å². The Labute approximate surface area is 424 Å². The van der Waals surface area contributed by atoms with E-state index in [9.17, 15) is 19.8 Å². The molecule has 6 heteroatoms. The summed E-state index contributed by atoms with van der Waals surface area (Å²) in [5.74, 6) is -0.0764. The Morgan fingerprint density at radius 1 is 0.397 bits per heavy atom. The fourth-order valence-corrected chi connectivity index (χ4v) is 9.51. The second-order valence-electron chi connectivity index (χ2n) is 21.0. The van der Waals surface area contributed by atoms with Gasteiger partial charge in [0.15, 0.2) is 0 Å². The fourth-order valence-electron chi connectivity index (χ4n) is 9.51. The van der Waals surface area contributed by atoms with E-state index in [2.05, 4.69) is 31.3 Å². The van der Waals surface area contributed by atoms with Crippen molar-refractivity contribution in [3.8, 4) is 0 Å². The van der Waals surface area contributed by atoms with Gasteiger partial charge >= 0.3 is 5.97 Å². The van der Waals surface area contributed by atoms with Gasteiger partial charge < -0.3 is 20.3 Å². The summed E-state index contributed by atoms with van der Waals surface area (Å²) < 4.78 is 5.48. The molecule has 0 aromatic carbocycles. The van der Waals surface area contributed by atoms with Crippen LogP contribution in [0.4, 0.5) is 0 Å². The topological polar surface area (TPSA) is 95.9 Å². The normalized spacial score (nSPS) is 12.7. The first kappa shape index (κ1) is 66.3. The zero-order chi connectivity index (χ0) is 49.3. The number of carbonyl (C=O) groups excluding carboxylic acids is 2. The molecule has 3 N–H and O–H groups in total. The summed E-state index contributed by atoms with van der Waals surface area (Å²) in [5, 5.41) is 23.2. The van der Waals surface area contributed by atoms with Crippen LogP contribution in [0, 0.1) is 0 Å². The van der Waals surface area contributed by atoms with Crippen molar-refractivity contribution in [1.29, 1.82) is 0 Å². The highest BCUT2D eigenvalue weighted by molar-refractivity contribution is 5.76. The van der Waals surface area contributed by atoms with Gasteiger partial charge in [0.25, 0.3) is 0 Å². The Kier molecular flexibility index (Phi) is 56.5. The number of carbonyl (C=O) groups is 2. The Bertz CT molecular complexity index is 1060. The maximum Gasteiger partial charge on any atom is 0.305 e. The molecule has 0 aromatic heterocycles. The van der Waals surface area contributed by atoms with Crippen molar-refractivity contribution in [3.05, 3.63) is 24.3 Å². The minimum atomic E-state index is -0.852. The number of aliphatic hydroxyl groups is 2. The van der Waals surface area contributed by atoms with E-state index in [0.717, 1.165) is 57.8 Å². The van der Waals surface area contributed by atoms with Crippen molar-refractivity contribution in [3.63, 3.8) is 0 Å². The van der Waals surface area contributed by atoms with Gasteiger partial charge in [-0.2, -0.15) is 0 Å². The van der Waals surface area contributed by atoms with Gasteiger partial charge in [0.2, 0.25) is 5.91 Å². The Hall–Kier alpha value is -1.66. The zero-order valence-electron chi connectivity index (χ0n) is 45.9. The van der Waals surface area contributed by atoms with Gasteiger partial charge in [-0.3, -0.25) is 9.59 Å². The number of hydrogen-bond acceptors (Lipinski definition) is 5. The number of nitrogens with one attached hydrogen (secondary N) is 1. The lowest BCUT2D eigenvalue weighted by Gasteiger charge is -2.20. The molecule has 402 valence electrons. The highest BCUT2D eigenvalue weighted by atomic mass is 16.5. The van der Waals surface area contributed by atoms with E-state index in [1.807, 2.05) is 6.08 Å². The summed E-state index contributed by atoms with van der Waals surface area (Å²) in [6.07, 6.45) is 70.6. The first-order valence-electron chi connectivity index (χ1n) is 30.6. The average molecular weight is 959 g/mol. The van der Waals surface area contributed by atoms with Crippen LogP contribution >= 0.6 is 0 Å². The Morgan fingerprint density at radius 3 is 1.04 bits per heavy atom. The largest absolute Gasteiger partial charge is 0.466 e. The van der Waals surface area contributed by atoms with E-state index in [1.54, 1.807) is 6.08 Å². The third-order valence-electron chi connectivity index (χ3n) is 14.2. The van der Waals surface area contributed by atoms with Gasteiger partial charge in [-0.15, -0.1) is 0 Å². The second-order valence-corrected chi connectivity index (χ2v) is 21.0. The standard InChI is InChI=1S/C62H119NO5/c1-3-5-7-9-11-13-15-17-19-21-23-26-30-34-38-42-46-50-54-60(65)59(58-64)63-61(66)55-51-47-43-39-35-31-27-24-22-25-29-33-37-41-45-49-53-57-68-62(67)56-52-48-44-40-36-32-28-20-18-16-14-12-10-8-6-4-2/h22,25,50,54,59-60,64-65H,3-21,23-24,26-49,51-53,55-58H2,1-2H3,(H,63,66)/b25-22-,54-50+. The predicted molar refractivity (Wildman–Crippen MR) is 296 cm³/mol. The van der Waals surface area contributed by atoms with Gasteiger partial charge in [-0.25, -0.2) is 0 Å². The molecule has 0 aliphatic rings. The van der Waals surface area contributed by atoms with Crippen molar-refractivity contribution in [2.24, 2.45) is 0 Å². The predicted octanol–water partition coefficient (Wildman–Crippen LogP) is 19.0. The molecule has 0 radical (unpaired) electrons. The molecular formula is C62H119NO5.